The summed E-state index contributed by atoms with van der Waals surface area (Å²) in [7, 11) is 2.21. The fourth-order valence-electron chi connectivity index (χ4n) is 1.12. The molecule has 1 fully saturated rings. The predicted octanol–water partition coefficient (Wildman–Crippen LogP) is -2.63. The molecule has 2 heteroatoms. The van der Waals surface area contributed by atoms with Gasteiger partial charge in [0.2, 0.25) is 0 Å². The van der Waals surface area contributed by atoms with Crippen molar-refractivity contribution in [3.63, 3.8) is 0 Å². The molecule has 0 radical (unpaired) electrons. The molecule has 0 bridgehead atoms. The van der Waals surface area contributed by atoms with Crippen molar-refractivity contribution in [1.29, 1.82) is 0 Å². The SMILES string of the molecule is CN1CCCC([IH+])C1. The molecule has 0 aromatic rings. The van der Waals surface area contributed by atoms with Gasteiger partial charge in [0.15, 0.2) is 3.92 Å². The van der Waals surface area contributed by atoms with Crippen LogP contribution in [0.4, 0.5) is 0 Å². The maximum Gasteiger partial charge on any atom is 0.257 e. The highest BCUT2D eigenvalue weighted by molar-refractivity contribution is 4.66. The minimum absolute atomic E-state index is 0.949. The van der Waals surface area contributed by atoms with Crippen LogP contribution in [0.25, 0.3) is 0 Å². The van der Waals surface area contributed by atoms with Crippen LogP contribution in [0.1, 0.15) is 12.8 Å². The highest BCUT2D eigenvalue weighted by Gasteiger charge is 2.19. The molecule has 1 rings (SSSR count). The number of rotatable bonds is 0. The van der Waals surface area contributed by atoms with Crippen LogP contribution in [0, 0.1) is 0 Å². The van der Waals surface area contributed by atoms with Gasteiger partial charge in [-0.1, -0.05) is 0 Å². The molecule has 0 aromatic carbocycles. The molecular formula is C6H13IN+. The molecule has 1 atom stereocenters. The summed E-state index contributed by atoms with van der Waals surface area (Å²) in [5.74, 6) is 0. The Kier molecular flexibility index (Phi) is 2.56. The van der Waals surface area contributed by atoms with Gasteiger partial charge in [-0.15, -0.1) is 0 Å². The molecule has 1 nitrogen and oxygen atoms in total. The Hall–Kier alpha value is 0.690. The third kappa shape index (κ3) is 1.90. The quantitative estimate of drug-likeness (QED) is 0.322. The number of hydrogen-bond acceptors (Lipinski definition) is 1. The van der Waals surface area contributed by atoms with E-state index >= 15 is 0 Å². The molecule has 1 aliphatic heterocycles. The second kappa shape index (κ2) is 3.01. The van der Waals surface area contributed by atoms with Crippen molar-refractivity contribution in [1.82, 2.24) is 4.90 Å². The highest BCUT2D eigenvalue weighted by Crippen LogP contribution is 2.02. The van der Waals surface area contributed by atoms with Crippen molar-refractivity contribution in [3.8, 4) is 0 Å². The second-order valence-electron chi connectivity index (χ2n) is 2.53. The summed E-state index contributed by atoms with van der Waals surface area (Å²) in [6.07, 6.45) is 2.84. The van der Waals surface area contributed by atoms with Crippen LogP contribution < -0.4 is 22.6 Å². The van der Waals surface area contributed by atoms with Gasteiger partial charge in [-0.3, -0.25) is 0 Å². The first kappa shape index (κ1) is 6.81. The molecule has 0 aromatic heterocycles. The van der Waals surface area contributed by atoms with Crippen LogP contribution in [-0.2, 0) is 0 Å². The largest absolute Gasteiger partial charge is 0.302 e. The summed E-state index contributed by atoms with van der Waals surface area (Å²) < 4.78 is 0.949. The Labute approximate surface area is 64.6 Å². The number of alkyl halides is 1. The van der Waals surface area contributed by atoms with Gasteiger partial charge >= 0.3 is 0 Å². The topological polar surface area (TPSA) is 3.24 Å². The van der Waals surface area contributed by atoms with E-state index in [1.54, 1.807) is 0 Å². The average molecular weight is 226 g/mol. The van der Waals surface area contributed by atoms with Crippen molar-refractivity contribution in [2.24, 2.45) is 0 Å². The van der Waals surface area contributed by atoms with E-state index in [1.807, 2.05) is 0 Å². The van der Waals surface area contributed by atoms with Crippen molar-refractivity contribution in [2.45, 2.75) is 16.8 Å². The lowest BCUT2D eigenvalue weighted by molar-refractivity contribution is -0.426. The molecule has 0 saturated carbocycles. The Morgan fingerprint density at radius 3 is 2.75 bits per heavy atom. The van der Waals surface area contributed by atoms with E-state index in [4.69, 9.17) is 0 Å². The summed E-state index contributed by atoms with van der Waals surface area (Å²) in [5.41, 5.74) is 0. The summed E-state index contributed by atoms with van der Waals surface area (Å²) in [4.78, 5) is 2.41. The van der Waals surface area contributed by atoms with Gasteiger partial charge in [0.25, 0.3) is 22.6 Å². The Morgan fingerprint density at radius 2 is 2.38 bits per heavy atom. The van der Waals surface area contributed by atoms with Crippen molar-refractivity contribution >= 4 is 0 Å². The fourth-order valence-corrected chi connectivity index (χ4v) is 2.32. The monoisotopic (exact) mass is 226 g/mol. The molecule has 1 saturated heterocycles. The maximum absolute atomic E-state index is 2.41. The molecule has 0 N–H and O–H groups in total. The summed E-state index contributed by atoms with van der Waals surface area (Å²) >= 11 is 2.26. The first-order valence-electron chi connectivity index (χ1n) is 3.13. The van der Waals surface area contributed by atoms with Crippen LogP contribution in [0.5, 0.6) is 0 Å². The van der Waals surface area contributed by atoms with Gasteiger partial charge in [0.05, 0.1) is 0 Å². The summed E-state index contributed by atoms with van der Waals surface area (Å²) in [5, 5.41) is 0. The Bertz CT molecular complexity index is 66.9. The molecule has 0 spiro atoms. The number of likely N-dealkylation sites (tertiary alicyclic amines) is 1. The number of halogens is 1. The van der Waals surface area contributed by atoms with E-state index in [-0.39, 0.29) is 0 Å². The molecule has 0 aliphatic carbocycles. The van der Waals surface area contributed by atoms with Crippen molar-refractivity contribution in [3.05, 3.63) is 0 Å². The molecule has 1 heterocycles. The smallest absolute Gasteiger partial charge is 0.257 e. The van der Waals surface area contributed by atoms with E-state index < -0.39 is 0 Å². The average Bonchev–Trinajstić information content (AvgIpc) is 1.64. The summed E-state index contributed by atoms with van der Waals surface area (Å²) in [6, 6.07) is 0. The summed E-state index contributed by atoms with van der Waals surface area (Å²) in [6.45, 7) is 2.62. The minimum Gasteiger partial charge on any atom is -0.302 e. The first-order valence-corrected chi connectivity index (χ1v) is 4.48. The van der Waals surface area contributed by atoms with Gasteiger partial charge < -0.3 is 4.90 Å². The van der Waals surface area contributed by atoms with Crippen LogP contribution in [-0.4, -0.2) is 29.0 Å². The third-order valence-corrected chi connectivity index (χ3v) is 2.68. The van der Waals surface area contributed by atoms with Gasteiger partial charge in [-0.05, 0) is 26.4 Å². The fraction of sp³-hybridized carbons (Fsp3) is 1.00. The van der Waals surface area contributed by atoms with Crippen molar-refractivity contribution < 1.29 is 22.6 Å². The van der Waals surface area contributed by atoms with E-state index in [2.05, 4.69) is 34.5 Å². The minimum atomic E-state index is 0.949. The molecule has 8 heavy (non-hydrogen) atoms. The van der Waals surface area contributed by atoms with E-state index in [0.29, 0.717) is 0 Å². The highest BCUT2D eigenvalue weighted by atomic mass is 127. The zero-order valence-electron chi connectivity index (χ0n) is 5.26. The van der Waals surface area contributed by atoms with Crippen molar-refractivity contribution in [2.75, 3.05) is 20.1 Å². The zero-order chi connectivity index (χ0) is 5.98. The number of piperidine rings is 1. The maximum atomic E-state index is 2.41. The standard InChI is InChI=1S/C6H13IN/c1-8-4-2-3-6(7)5-8/h6-7H,2-5H2,1H3/q+1. The molecule has 0 amide bonds. The van der Waals surface area contributed by atoms with E-state index in [1.165, 1.54) is 25.9 Å². The third-order valence-electron chi connectivity index (χ3n) is 1.58. The predicted molar refractivity (Wildman–Crippen MR) is 31.9 cm³/mol. The number of nitrogens with zero attached hydrogens (tertiary/aromatic N) is 1. The normalized spacial score (nSPS) is 33.0. The lowest BCUT2D eigenvalue weighted by Crippen LogP contribution is -3.39. The van der Waals surface area contributed by atoms with Gasteiger partial charge in [0, 0.05) is 6.54 Å². The van der Waals surface area contributed by atoms with Crippen LogP contribution in [0.15, 0.2) is 0 Å². The van der Waals surface area contributed by atoms with E-state index in [0.717, 1.165) is 3.92 Å². The molecule has 1 aliphatic rings. The zero-order valence-corrected chi connectivity index (χ0v) is 7.59. The van der Waals surface area contributed by atoms with Gasteiger partial charge in [0.1, 0.15) is 0 Å². The number of hydrogen-bond donors (Lipinski definition) is 0. The lowest BCUT2D eigenvalue weighted by Gasteiger charge is -2.21. The van der Waals surface area contributed by atoms with Crippen LogP contribution in [0.2, 0.25) is 0 Å². The van der Waals surface area contributed by atoms with Crippen LogP contribution in [0.3, 0.4) is 0 Å². The molecule has 48 valence electrons. The van der Waals surface area contributed by atoms with Crippen LogP contribution >= 0.6 is 0 Å². The Morgan fingerprint density at radius 1 is 1.62 bits per heavy atom. The lowest BCUT2D eigenvalue weighted by atomic mass is 10.1. The molecule has 1 unspecified atom stereocenters. The van der Waals surface area contributed by atoms with Gasteiger partial charge in [-0.25, -0.2) is 0 Å². The molecular weight excluding hydrogens is 213 g/mol. The first-order chi connectivity index (χ1) is 3.79. The Balaban J connectivity index is 2.23. The van der Waals surface area contributed by atoms with Gasteiger partial charge in [-0.2, -0.15) is 0 Å². The van der Waals surface area contributed by atoms with E-state index in [9.17, 15) is 0 Å². The second-order valence-corrected chi connectivity index (χ2v) is 4.43.